The zero-order valence-corrected chi connectivity index (χ0v) is 27.2. The van der Waals surface area contributed by atoms with Crippen LogP contribution in [0.2, 0.25) is 0 Å². The zero-order valence-electron chi connectivity index (χ0n) is 26.3. The fourth-order valence-corrected chi connectivity index (χ4v) is 8.38. The molecule has 0 radical (unpaired) electrons. The van der Waals surface area contributed by atoms with E-state index >= 15 is 0 Å². The molecule has 2 heterocycles. The van der Waals surface area contributed by atoms with Crippen LogP contribution in [0.25, 0.3) is 97.8 Å². The van der Waals surface area contributed by atoms with Crippen LogP contribution in [0.3, 0.4) is 0 Å². The highest BCUT2D eigenvalue weighted by atomic mass is 32.1. The monoisotopic (exact) mass is 641 g/mol. The van der Waals surface area contributed by atoms with Crippen LogP contribution in [-0.2, 0) is 0 Å². The number of aromatic nitrogens is 3. The molecule has 0 fully saturated rings. The minimum absolute atomic E-state index is 0.655. The second kappa shape index (κ2) is 11.2. The third-order valence-electron chi connectivity index (χ3n) is 9.50. The normalized spacial score (nSPS) is 11.7. The number of hydrogen-bond donors (Lipinski definition) is 0. The molecular weight excluding hydrogens is 615 g/mol. The van der Waals surface area contributed by atoms with E-state index in [2.05, 4.69) is 146 Å². The number of rotatable bonds is 4. The Kier molecular flexibility index (Phi) is 6.36. The maximum absolute atomic E-state index is 5.17. The molecule has 0 aliphatic rings. The van der Waals surface area contributed by atoms with Crippen LogP contribution in [0.1, 0.15) is 0 Å². The van der Waals surface area contributed by atoms with Crippen LogP contribution in [0, 0.1) is 0 Å². The van der Waals surface area contributed by atoms with Crippen LogP contribution in [0.5, 0.6) is 0 Å². The predicted octanol–water partition coefficient (Wildman–Crippen LogP) is 12.4. The molecule has 0 atom stereocenters. The Morgan fingerprint density at radius 3 is 1.76 bits per heavy atom. The average Bonchev–Trinajstić information content (AvgIpc) is 3.54. The molecule has 228 valence electrons. The summed E-state index contributed by atoms with van der Waals surface area (Å²) in [5, 5.41) is 9.71. The zero-order chi connectivity index (χ0) is 32.3. The summed E-state index contributed by atoms with van der Waals surface area (Å²) < 4.78 is 2.60. The first-order valence-corrected chi connectivity index (χ1v) is 17.3. The molecule has 0 bridgehead atoms. The molecule has 0 aliphatic heterocycles. The molecular formula is C45H27N3S. The van der Waals surface area contributed by atoms with Crippen molar-refractivity contribution in [3.8, 4) is 45.3 Å². The summed E-state index contributed by atoms with van der Waals surface area (Å²) in [6.45, 7) is 0. The lowest BCUT2D eigenvalue weighted by Gasteiger charge is -2.16. The molecule has 3 nitrogen and oxygen atoms in total. The lowest BCUT2D eigenvalue weighted by molar-refractivity contribution is 1.08. The van der Waals surface area contributed by atoms with Gasteiger partial charge in [0.1, 0.15) is 0 Å². The summed E-state index contributed by atoms with van der Waals surface area (Å²) in [5.41, 5.74) is 5.37. The number of nitrogens with zero attached hydrogens (tertiary/aromatic N) is 3. The van der Waals surface area contributed by atoms with E-state index in [1.165, 1.54) is 52.8 Å². The smallest absolute Gasteiger partial charge is 0.164 e. The third kappa shape index (κ3) is 4.61. The average molecular weight is 642 g/mol. The molecule has 10 aromatic rings. The van der Waals surface area contributed by atoms with Gasteiger partial charge in [-0.05, 0) is 67.7 Å². The van der Waals surface area contributed by atoms with Gasteiger partial charge in [0.05, 0.1) is 0 Å². The van der Waals surface area contributed by atoms with Crippen molar-refractivity contribution in [1.29, 1.82) is 0 Å². The highest BCUT2D eigenvalue weighted by Crippen LogP contribution is 2.46. The Balaban J connectivity index is 1.24. The first-order valence-electron chi connectivity index (χ1n) is 16.4. The second-order valence-corrected chi connectivity index (χ2v) is 13.5. The first kappa shape index (κ1) is 27.8. The summed E-state index contributed by atoms with van der Waals surface area (Å²) in [7, 11) is 0. The fraction of sp³-hybridized carbons (Fsp3) is 0. The van der Waals surface area contributed by atoms with Crippen LogP contribution >= 0.6 is 11.3 Å². The maximum atomic E-state index is 5.17. The van der Waals surface area contributed by atoms with Crippen molar-refractivity contribution in [3.63, 3.8) is 0 Å². The summed E-state index contributed by atoms with van der Waals surface area (Å²) in [5.74, 6) is 1.97. The summed E-state index contributed by atoms with van der Waals surface area (Å²) in [6.07, 6.45) is 0. The van der Waals surface area contributed by atoms with E-state index in [1.54, 1.807) is 0 Å². The lowest BCUT2D eigenvalue weighted by Crippen LogP contribution is -2.01. The van der Waals surface area contributed by atoms with Gasteiger partial charge in [0.2, 0.25) is 0 Å². The van der Waals surface area contributed by atoms with Gasteiger partial charge in [0, 0.05) is 36.9 Å². The number of benzene rings is 8. The predicted molar refractivity (Wildman–Crippen MR) is 207 cm³/mol. The molecule has 8 aromatic carbocycles. The molecule has 0 amide bonds. The molecule has 49 heavy (non-hydrogen) atoms. The van der Waals surface area contributed by atoms with Crippen molar-refractivity contribution in [2.24, 2.45) is 0 Å². The fourth-order valence-electron chi connectivity index (χ4n) is 7.21. The van der Waals surface area contributed by atoms with E-state index in [1.807, 2.05) is 29.5 Å². The third-order valence-corrected chi connectivity index (χ3v) is 10.6. The van der Waals surface area contributed by atoms with E-state index in [4.69, 9.17) is 15.0 Å². The van der Waals surface area contributed by atoms with E-state index in [9.17, 15) is 0 Å². The van der Waals surface area contributed by atoms with Crippen LogP contribution in [0.15, 0.2) is 164 Å². The van der Waals surface area contributed by atoms with Crippen LogP contribution in [0.4, 0.5) is 0 Å². The molecule has 0 saturated heterocycles. The largest absolute Gasteiger partial charge is 0.208 e. The molecule has 0 N–H and O–H groups in total. The van der Waals surface area contributed by atoms with Gasteiger partial charge < -0.3 is 0 Å². The first-order chi connectivity index (χ1) is 24.3. The van der Waals surface area contributed by atoms with Gasteiger partial charge >= 0.3 is 0 Å². The Labute approximate surface area is 286 Å². The minimum Gasteiger partial charge on any atom is -0.208 e. The quantitative estimate of drug-likeness (QED) is 0.192. The van der Waals surface area contributed by atoms with E-state index in [-0.39, 0.29) is 0 Å². The SMILES string of the molecule is c1ccc(-c2nc(-c3ccc4ccccc4c3)nc(-c3ccc(-c4c5ccccc5cc5sc6ccccc6c45)c4ccccc34)n2)cc1. The van der Waals surface area contributed by atoms with Gasteiger partial charge in [-0.15, -0.1) is 11.3 Å². The van der Waals surface area contributed by atoms with E-state index in [0.29, 0.717) is 17.5 Å². The Bertz CT molecular complexity index is 2890. The number of fused-ring (bicyclic) bond motifs is 6. The van der Waals surface area contributed by atoms with Gasteiger partial charge in [-0.25, -0.2) is 15.0 Å². The van der Waals surface area contributed by atoms with Gasteiger partial charge in [-0.1, -0.05) is 140 Å². The van der Waals surface area contributed by atoms with Crippen molar-refractivity contribution in [1.82, 2.24) is 15.0 Å². The van der Waals surface area contributed by atoms with E-state index in [0.717, 1.165) is 27.5 Å². The van der Waals surface area contributed by atoms with E-state index < -0.39 is 0 Å². The van der Waals surface area contributed by atoms with Gasteiger partial charge in [-0.2, -0.15) is 0 Å². The molecule has 0 aliphatic carbocycles. The minimum atomic E-state index is 0.655. The molecule has 4 heteroatoms. The molecule has 0 spiro atoms. The maximum Gasteiger partial charge on any atom is 0.164 e. The van der Waals surface area contributed by atoms with Crippen molar-refractivity contribution >= 4 is 63.8 Å². The highest BCUT2D eigenvalue weighted by Gasteiger charge is 2.20. The second-order valence-electron chi connectivity index (χ2n) is 12.4. The van der Waals surface area contributed by atoms with Crippen molar-refractivity contribution in [2.45, 2.75) is 0 Å². The van der Waals surface area contributed by atoms with Crippen molar-refractivity contribution in [3.05, 3.63) is 164 Å². The van der Waals surface area contributed by atoms with Crippen molar-refractivity contribution < 1.29 is 0 Å². The Hall–Kier alpha value is -6.23. The number of thiophene rings is 1. The topological polar surface area (TPSA) is 38.7 Å². The Morgan fingerprint density at radius 1 is 0.347 bits per heavy atom. The van der Waals surface area contributed by atoms with Gasteiger partial charge in [0.25, 0.3) is 0 Å². The summed E-state index contributed by atoms with van der Waals surface area (Å²) in [6, 6.07) is 58.0. The Morgan fingerprint density at radius 2 is 0.939 bits per heavy atom. The standard InChI is InChI=1S/C45H27N3S/c1-2-13-29(14-3-1)43-46-44(32-23-22-28-12-4-5-15-30(28)26-32)48-45(47-43)37-25-24-36(34-18-8-9-19-35(34)37)41-33-17-7-6-16-31(33)27-40-42(41)38-20-10-11-21-39(38)49-40/h1-27H. The molecule has 10 rings (SSSR count). The van der Waals surface area contributed by atoms with Crippen LogP contribution in [-0.4, -0.2) is 15.0 Å². The number of hydrogen-bond acceptors (Lipinski definition) is 4. The highest BCUT2D eigenvalue weighted by molar-refractivity contribution is 7.26. The van der Waals surface area contributed by atoms with Crippen molar-refractivity contribution in [2.75, 3.05) is 0 Å². The summed E-state index contributed by atoms with van der Waals surface area (Å²) >= 11 is 1.86. The molecule has 2 aromatic heterocycles. The van der Waals surface area contributed by atoms with Gasteiger partial charge in [-0.3, -0.25) is 0 Å². The summed E-state index contributed by atoms with van der Waals surface area (Å²) in [4.78, 5) is 15.3. The lowest BCUT2D eigenvalue weighted by atomic mass is 9.89. The molecule has 0 saturated carbocycles. The van der Waals surface area contributed by atoms with Crippen LogP contribution < -0.4 is 0 Å². The molecule has 0 unspecified atom stereocenters. The van der Waals surface area contributed by atoms with Gasteiger partial charge in [0.15, 0.2) is 17.5 Å².